The number of benzene rings is 1. The third-order valence-corrected chi connectivity index (χ3v) is 3.94. The van der Waals surface area contributed by atoms with Gasteiger partial charge in [0.05, 0.1) is 6.54 Å². The number of ether oxygens (including phenoxy) is 1. The van der Waals surface area contributed by atoms with Crippen LogP contribution in [-0.4, -0.2) is 12.0 Å². The molecule has 2 rings (SSSR count). The fourth-order valence-electron chi connectivity index (χ4n) is 1.72. The number of thiophene rings is 1. The molecule has 106 valence electrons. The molecule has 0 saturated carbocycles. The molecule has 0 saturated heterocycles. The third-order valence-electron chi connectivity index (χ3n) is 2.83. The van der Waals surface area contributed by atoms with Crippen LogP contribution < -0.4 is 10.1 Å². The van der Waals surface area contributed by atoms with Crippen molar-refractivity contribution < 1.29 is 9.53 Å². The summed E-state index contributed by atoms with van der Waals surface area (Å²) >= 11 is 7.50. The first-order valence-corrected chi connectivity index (χ1v) is 7.55. The summed E-state index contributed by atoms with van der Waals surface area (Å²) in [5, 5.41) is 5.50. The minimum Gasteiger partial charge on any atom is -0.481 e. The summed E-state index contributed by atoms with van der Waals surface area (Å²) in [7, 11) is 0. The average Bonchev–Trinajstić information content (AvgIpc) is 2.92. The minimum atomic E-state index is -0.546. The Morgan fingerprint density at radius 3 is 2.90 bits per heavy atom. The molecule has 1 aromatic heterocycles. The van der Waals surface area contributed by atoms with Crippen LogP contribution in [0.4, 0.5) is 0 Å². The molecule has 0 aliphatic carbocycles. The van der Waals surface area contributed by atoms with Crippen molar-refractivity contribution in [1.29, 1.82) is 0 Å². The molecule has 0 fully saturated rings. The van der Waals surface area contributed by atoms with E-state index in [-0.39, 0.29) is 5.91 Å². The molecule has 1 N–H and O–H groups in total. The van der Waals surface area contributed by atoms with Crippen molar-refractivity contribution in [3.63, 3.8) is 0 Å². The largest absolute Gasteiger partial charge is 0.481 e. The molecule has 1 aromatic carbocycles. The lowest BCUT2D eigenvalue weighted by molar-refractivity contribution is -0.127. The van der Waals surface area contributed by atoms with Crippen LogP contribution in [0.5, 0.6) is 5.75 Å². The lowest BCUT2D eigenvalue weighted by Crippen LogP contribution is -2.35. The van der Waals surface area contributed by atoms with Crippen LogP contribution in [-0.2, 0) is 11.3 Å². The standard InChI is InChI=1S/C15H16ClNO2S/c1-10-8-12(16)5-6-14(10)19-11(2)15(18)17-9-13-4-3-7-20-13/h3-8,11H,9H2,1-2H3,(H,17,18)/t11-/m0/s1. The SMILES string of the molecule is Cc1cc(Cl)ccc1O[C@@H](C)C(=O)NCc1cccs1. The van der Waals surface area contributed by atoms with Gasteiger partial charge in [-0.05, 0) is 49.1 Å². The Balaban J connectivity index is 1.90. The summed E-state index contributed by atoms with van der Waals surface area (Å²) < 4.78 is 5.66. The van der Waals surface area contributed by atoms with Gasteiger partial charge in [0.15, 0.2) is 6.10 Å². The van der Waals surface area contributed by atoms with Crippen molar-refractivity contribution in [2.45, 2.75) is 26.5 Å². The van der Waals surface area contributed by atoms with Gasteiger partial charge in [-0.2, -0.15) is 0 Å². The number of halogens is 1. The molecule has 1 atom stereocenters. The number of carbonyl (C=O) groups excluding carboxylic acids is 1. The maximum absolute atomic E-state index is 12.0. The van der Waals surface area contributed by atoms with Gasteiger partial charge in [0.25, 0.3) is 5.91 Å². The fourth-order valence-corrected chi connectivity index (χ4v) is 2.59. The maximum atomic E-state index is 12.0. The van der Waals surface area contributed by atoms with Gasteiger partial charge in [-0.15, -0.1) is 11.3 Å². The Labute approximate surface area is 127 Å². The van der Waals surface area contributed by atoms with Gasteiger partial charge >= 0.3 is 0 Å². The van der Waals surface area contributed by atoms with Crippen molar-refractivity contribution in [2.75, 3.05) is 0 Å². The van der Waals surface area contributed by atoms with E-state index in [0.717, 1.165) is 10.4 Å². The van der Waals surface area contributed by atoms with Crippen LogP contribution in [0.2, 0.25) is 5.02 Å². The van der Waals surface area contributed by atoms with E-state index in [2.05, 4.69) is 5.32 Å². The molecule has 1 heterocycles. The van der Waals surface area contributed by atoms with Gasteiger partial charge in [-0.25, -0.2) is 0 Å². The number of aryl methyl sites for hydroxylation is 1. The summed E-state index contributed by atoms with van der Waals surface area (Å²) in [4.78, 5) is 13.1. The molecule has 3 nitrogen and oxygen atoms in total. The number of carbonyl (C=O) groups is 1. The predicted molar refractivity (Wildman–Crippen MR) is 82.4 cm³/mol. The van der Waals surface area contributed by atoms with Crippen LogP contribution >= 0.6 is 22.9 Å². The predicted octanol–water partition coefficient (Wildman–Crippen LogP) is 3.79. The number of amides is 1. The van der Waals surface area contributed by atoms with Crippen LogP contribution in [0.15, 0.2) is 35.7 Å². The molecule has 0 spiro atoms. The van der Waals surface area contributed by atoms with E-state index in [1.54, 1.807) is 30.4 Å². The van der Waals surface area contributed by atoms with Crippen molar-refractivity contribution in [3.05, 3.63) is 51.2 Å². The molecule has 0 aliphatic rings. The highest BCUT2D eigenvalue weighted by molar-refractivity contribution is 7.09. The number of hydrogen-bond donors (Lipinski definition) is 1. The second-order valence-electron chi connectivity index (χ2n) is 4.47. The van der Waals surface area contributed by atoms with Gasteiger partial charge in [-0.1, -0.05) is 17.7 Å². The van der Waals surface area contributed by atoms with E-state index in [9.17, 15) is 4.79 Å². The lowest BCUT2D eigenvalue weighted by Gasteiger charge is -2.16. The Morgan fingerprint density at radius 1 is 1.45 bits per heavy atom. The second kappa shape index (κ2) is 6.77. The van der Waals surface area contributed by atoms with Gasteiger partial charge in [0, 0.05) is 9.90 Å². The zero-order chi connectivity index (χ0) is 14.5. The lowest BCUT2D eigenvalue weighted by atomic mass is 10.2. The number of rotatable bonds is 5. The molecular weight excluding hydrogens is 294 g/mol. The topological polar surface area (TPSA) is 38.3 Å². The third kappa shape index (κ3) is 3.99. The first kappa shape index (κ1) is 14.9. The highest BCUT2D eigenvalue weighted by Gasteiger charge is 2.15. The Morgan fingerprint density at radius 2 is 2.25 bits per heavy atom. The molecule has 0 aliphatic heterocycles. The fraction of sp³-hybridized carbons (Fsp3) is 0.267. The molecular formula is C15H16ClNO2S. The molecule has 0 bridgehead atoms. The minimum absolute atomic E-state index is 0.132. The van der Waals surface area contributed by atoms with Gasteiger partial charge < -0.3 is 10.1 Å². The zero-order valence-electron chi connectivity index (χ0n) is 11.4. The van der Waals surface area contributed by atoms with Crippen molar-refractivity contribution in [2.24, 2.45) is 0 Å². The smallest absolute Gasteiger partial charge is 0.261 e. The van der Waals surface area contributed by atoms with Crippen molar-refractivity contribution >= 4 is 28.8 Å². The monoisotopic (exact) mass is 309 g/mol. The Kier molecular flexibility index (Phi) is 5.04. The number of nitrogens with one attached hydrogen (secondary N) is 1. The van der Waals surface area contributed by atoms with Crippen LogP contribution in [0, 0.1) is 6.92 Å². The first-order valence-electron chi connectivity index (χ1n) is 6.29. The quantitative estimate of drug-likeness (QED) is 0.912. The highest BCUT2D eigenvalue weighted by Crippen LogP contribution is 2.22. The molecule has 20 heavy (non-hydrogen) atoms. The van der Waals surface area contributed by atoms with Gasteiger partial charge in [0.1, 0.15) is 5.75 Å². The van der Waals surface area contributed by atoms with Gasteiger partial charge in [0.2, 0.25) is 0 Å². The van der Waals surface area contributed by atoms with Crippen molar-refractivity contribution in [3.8, 4) is 5.75 Å². The van der Waals surface area contributed by atoms with Gasteiger partial charge in [-0.3, -0.25) is 4.79 Å². The summed E-state index contributed by atoms with van der Waals surface area (Å²) in [6, 6.07) is 9.29. The molecule has 2 aromatic rings. The van der Waals surface area contributed by atoms with E-state index < -0.39 is 6.10 Å². The van der Waals surface area contributed by atoms with Crippen LogP contribution in [0.3, 0.4) is 0 Å². The Bertz CT molecular complexity index is 584. The maximum Gasteiger partial charge on any atom is 0.261 e. The summed E-state index contributed by atoms with van der Waals surface area (Å²) in [6.07, 6.45) is -0.546. The summed E-state index contributed by atoms with van der Waals surface area (Å²) in [5.41, 5.74) is 0.912. The zero-order valence-corrected chi connectivity index (χ0v) is 12.9. The van der Waals surface area contributed by atoms with E-state index in [1.807, 2.05) is 30.5 Å². The van der Waals surface area contributed by atoms with E-state index in [1.165, 1.54) is 0 Å². The molecule has 1 amide bonds. The highest BCUT2D eigenvalue weighted by atomic mass is 35.5. The number of hydrogen-bond acceptors (Lipinski definition) is 3. The van der Waals surface area contributed by atoms with E-state index in [0.29, 0.717) is 17.3 Å². The first-order chi connectivity index (χ1) is 9.56. The normalized spacial score (nSPS) is 11.9. The van der Waals surface area contributed by atoms with Crippen LogP contribution in [0.1, 0.15) is 17.4 Å². The molecule has 5 heteroatoms. The Hall–Kier alpha value is -1.52. The average molecular weight is 310 g/mol. The van der Waals surface area contributed by atoms with E-state index >= 15 is 0 Å². The molecule has 0 unspecified atom stereocenters. The van der Waals surface area contributed by atoms with Crippen LogP contribution in [0.25, 0.3) is 0 Å². The van der Waals surface area contributed by atoms with Crippen molar-refractivity contribution in [1.82, 2.24) is 5.32 Å². The molecule has 0 radical (unpaired) electrons. The summed E-state index contributed by atoms with van der Waals surface area (Å²) in [6.45, 7) is 4.17. The van der Waals surface area contributed by atoms with E-state index in [4.69, 9.17) is 16.3 Å². The summed E-state index contributed by atoms with van der Waals surface area (Å²) in [5.74, 6) is 0.543. The second-order valence-corrected chi connectivity index (χ2v) is 5.94.